The van der Waals surface area contributed by atoms with Gasteiger partial charge >= 0.3 is 0 Å². The summed E-state index contributed by atoms with van der Waals surface area (Å²) >= 11 is 0. The molecular formula is C15H23NO. The SMILES string of the molecule is CCC(=O)CCCN(C)Cc1cccc(C)c1. The lowest BCUT2D eigenvalue weighted by atomic mass is 10.1. The maximum Gasteiger partial charge on any atom is 0.132 e. The fourth-order valence-corrected chi connectivity index (χ4v) is 1.92. The highest BCUT2D eigenvalue weighted by Gasteiger charge is 2.02. The molecule has 0 amide bonds. The van der Waals surface area contributed by atoms with E-state index in [0.717, 1.165) is 19.5 Å². The average Bonchev–Trinajstić information content (AvgIpc) is 2.28. The molecule has 2 nitrogen and oxygen atoms in total. The Labute approximate surface area is 105 Å². The van der Waals surface area contributed by atoms with Crippen LogP contribution in [-0.4, -0.2) is 24.3 Å². The molecule has 0 unspecified atom stereocenters. The van der Waals surface area contributed by atoms with Gasteiger partial charge in [-0.1, -0.05) is 36.8 Å². The van der Waals surface area contributed by atoms with E-state index in [0.29, 0.717) is 18.6 Å². The number of benzene rings is 1. The number of carbonyl (C=O) groups excluding carboxylic acids is 1. The van der Waals surface area contributed by atoms with Crippen molar-refractivity contribution < 1.29 is 4.79 Å². The fraction of sp³-hybridized carbons (Fsp3) is 0.533. The fourth-order valence-electron chi connectivity index (χ4n) is 1.92. The maximum atomic E-state index is 11.2. The van der Waals surface area contributed by atoms with Gasteiger partial charge in [-0.25, -0.2) is 0 Å². The van der Waals surface area contributed by atoms with Crippen LogP contribution in [0.2, 0.25) is 0 Å². The lowest BCUT2D eigenvalue weighted by Gasteiger charge is -2.16. The predicted octanol–water partition coefficient (Wildman–Crippen LogP) is 3.19. The molecule has 0 aromatic heterocycles. The standard InChI is InChI=1S/C15H23NO/c1-4-15(17)9-6-10-16(3)12-14-8-5-7-13(2)11-14/h5,7-8,11H,4,6,9-10,12H2,1-3H3. The van der Waals surface area contributed by atoms with Crippen molar-refractivity contribution in [3.8, 4) is 0 Å². The molecule has 0 heterocycles. The highest BCUT2D eigenvalue weighted by atomic mass is 16.1. The van der Waals surface area contributed by atoms with Gasteiger partial charge in [0.1, 0.15) is 5.78 Å². The zero-order valence-electron chi connectivity index (χ0n) is 11.2. The van der Waals surface area contributed by atoms with Crippen LogP contribution in [0.25, 0.3) is 0 Å². The number of nitrogens with zero attached hydrogens (tertiary/aromatic N) is 1. The minimum Gasteiger partial charge on any atom is -0.302 e. The Hall–Kier alpha value is -1.15. The first-order chi connectivity index (χ1) is 8.11. The Bertz CT molecular complexity index is 360. The Kier molecular flexibility index (Phi) is 5.92. The van der Waals surface area contributed by atoms with Crippen LogP contribution in [0.1, 0.15) is 37.3 Å². The van der Waals surface area contributed by atoms with Gasteiger partial charge in [0.25, 0.3) is 0 Å². The van der Waals surface area contributed by atoms with Crippen molar-refractivity contribution in [3.05, 3.63) is 35.4 Å². The van der Waals surface area contributed by atoms with Crippen LogP contribution < -0.4 is 0 Å². The van der Waals surface area contributed by atoms with Crippen molar-refractivity contribution in [2.45, 2.75) is 39.7 Å². The van der Waals surface area contributed by atoms with Crippen molar-refractivity contribution >= 4 is 5.78 Å². The van der Waals surface area contributed by atoms with Gasteiger partial charge in [-0.15, -0.1) is 0 Å². The summed E-state index contributed by atoms with van der Waals surface area (Å²) in [7, 11) is 2.11. The van der Waals surface area contributed by atoms with Crippen molar-refractivity contribution in [3.63, 3.8) is 0 Å². The molecule has 0 spiro atoms. The molecule has 94 valence electrons. The van der Waals surface area contributed by atoms with Gasteiger partial charge in [-0.2, -0.15) is 0 Å². The lowest BCUT2D eigenvalue weighted by molar-refractivity contribution is -0.118. The molecule has 0 aliphatic rings. The van der Waals surface area contributed by atoms with E-state index in [1.165, 1.54) is 11.1 Å². The Balaban J connectivity index is 2.29. The zero-order valence-corrected chi connectivity index (χ0v) is 11.2. The second kappa shape index (κ2) is 7.23. The van der Waals surface area contributed by atoms with Crippen LogP contribution in [0.3, 0.4) is 0 Å². The number of carbonyl (C=O) groups is 1. The van der Waals surface area contributed by atoms with Crippen LogP contribution >= 0.6 is 0 Å². The van der Waals surface area contributed by atoms with Crippen LogP contribution in [0.15, 0.2) is 24.3 Å². The van der Waals surface area contributed by atoms with E-state index >= 15 is 0 Å². The third-order valence-electron chi connectivity index (χ3n) is 2.92. The molecule has 0 aliphatic carbocycles. The number of ketones is 1. The molecular weight excluding hydrogens is 210 g/mol. The van der Waals surface area contributed by atoms with E-state index < -0.39 is 0 Å². The summed E-state index contributed by atoms with van der Waals surface area (Å²) in [5, 5.41) is 0. The third-order valence-corrected chi connectivity index (χ3v) is 2.92. The smallest absolute Gasteiger partial charge is 0.132 e. The molecule has 0 aliphatic heterocycles. The van der Waals surface area contributed by atoms with Gasteiger partial charge in [-0.05, 0) is 32.5 Å². The lowest BCUT2D eigenvalue weighted by Crippen LogP contribution is -2.19. The van der Waals surface area contributed by atoms with E-state index in [2.05, 4.69) is 43.1 Å². The molecule has 17 heavy (non-hydrogen) atoms. The molecule has 1 aromatic rings. The van der Waals surface area contributed by atoms with E-state index in [4.69, 9.17) is 0 Å². The van der Waals surface area contributed by atoms with E-state index in [1.54, 1.807) is 0 Å². The average molecular weight is 233 g/mol. The molecule has 0 saturated carbocycles. The molecule has 1 aromatic carbocycles. The minimum absolute atomic E-state index is 0.369. The van der Waals surface area contributed by atoms with Gasteiger partial charge in [0, 0.05) is 19.4 Å². The van der Waals surface area contributed by atoms with E-state index in [1.807, 2.05) is 6.92 Å². The van der Waals surface area contributed by atoms with Crippen molar-refractivity contribution in [2.75, 3.05) is 13.6 Å². The Morgan fingerprint density at radius 2 is 2.12 bits per heavy atom. The molecule has 0 N–H and O–H groups in total. The Morgan fingerprint density at radius 3 is 2.76 bits per heavy atom. The van der Waals surface area contributed by atoms with Crippen molar-refractivity contribution in [1.82, 2.24) is 4.90 Å². The molecule has 1 rings (SSSR count). The van der Waals surface area contributed by atoms with Gasteiger partial charge < -0.3 is 4.90 Å². The number of hydrogen-bond acceptors (Lipinski definition) is 2. The topological polar surface area (TPSA) is 20.3 Å². The molecule has 0 saturated heterocycles. The first kappa shape index (κ1) is 13.9. The normalized spacial score (nSPS) is 10.8. The van der Waals surface area contributed by atoms with Crippen LogP contribution in [0, 0.1) is 6.92 Å². The largest absolute Gasteiger partial charge is 0.302 e. The third kappa shape index (κ3) is 5.64. The summed E-state index contributed by atoms with van der Waals surface area (Å²) in [4.78, 5) is 13.5. The zero-order chi connectivity index (χ0) is 12.7. The second-order valence-corrected chi connectivity index (χ2v) is 4.72. The molecule has 2 heteroatoms. The van der Waals surface area contributed by atoms with Gasteiger partial charge in [0.2, 0.25) is 0 Å². The summed E-state index contributed by atoms with van der Waals surface area (Å²) in [6, 6.07) is 8.58. The number of hydrogen-bond donors (Lipinski definition) is 0. The molecule has 0 bridgehead atoms. The van der Waals surface area contributed by atoms with Crippen molar-refractivity contribution in [2.24, 2.45) is 0 Å². The first-order valence-electron chi connectivity index (χ1n) is 6.37. The molecule has 0 fully saturated rings. The van der Waals surface area contributed by atoms with Crippen LogP contribution in [0.5, 0.6) is 0 Å². The molecule has 0 radical (unpaired) electrons. The van der Waals surface area contributed by atoms with Gasteiger partial charge in [-0.3, -0.25) is 4.79 Å². The predicted molar refractivity (Wildman–Crippen MR) is 72.0 cm³/mol. The highest BCUT2D eigenvalue weighted by Crippen LogP contribution is 2.07. The van der Waals surface area contributed by atoms with E-state index in [-0.39, 0.29) is 0 Å². The minimum atomic E-state index is 0.369. The number of Topliss-reactive ketones (excluding diaryl/α,β-unsaturated/α-hetero) is 1. The summed E-state index contributed by atoms with van der Waals surface area (Å²) in [6.45, 7) is 5.99. The monoisotopic (exact) mass is 233 g/mol. The summed E-state index contributed by atoms with van der Waals surface area (Å²) in [6.07, 6.45) is 2.35. The van der Waals surface area contributed by atoms with E-state index in [9.17, 15) is 4.79 Å². The van der Waals surface area contributed by atoms with Crippen LogP contribution in [0.4, 0.5) is 0 Å². The Morgan fingerprint density at radius 1 is 1.35 bits per heavy atom. The quantitative estimate of drug-likeness (QED) is 0.721. The van der Waals surface area contributed by atoms with Crippen LogP contribution in [-0.2, 0) is 11.3 Å². The summed E-state index contributed by atoms with van der Waals surface area (Å²) in [5.41, 5.74) is 2.64. The van der Waals surface area contributed by atoms with Crippen molar-refractivity contribution in [1.29, 1.82) is 0 Å². The first-order valence-corrected chi connectivity index (χ1v) is 6.37. The maximum absolute atomic E-state index is 11.2. The van der Waals surface area contributed by atoms with Gasteiger partial charge in [0.05, 0.1) is 0 Å². The number of aryl methyl sites for hydroxylation is 1. The molecule has 0 atom stereocenters. The second-order valence-electron chi connectivity index (χ2n) is 4.72. The summed E-state index contributed by atoms with van der Waals surface area (Å²) < 4.78 is 0. The van der Waals surface area contributed by atoms with Gasteiger partial charge in [0.15, 0.2) is 0 Å². The highest BCUT2D eigenvalue weighted by molar-refractivity contribution is 5.77. The number of rotatable bonds is 7. The summed E-state index contributed by atoms with van der Waals surface area (Å²) in [5.74, 6) is 0.369.